The molecule has 3 nitrogen and oxygen atoms in total. The van der Waals surface area contributed by atoms with Gasteiger partial charge in [0.25, 0.3) is 5.91 Å². The molecule has 0 unspecified atom stereocenters. The van der Waals surface area contributed by atoms with Crippen LogP contribution in [0.3, 0.4) is 0 Å². The van der Waals surface area contributed by atoms with Crippen molar-refractivity contribution >= 4 is 16.7 Å². The van der Waals surface area contributed by atoms with Gasteiger partial charge >= 0.3 is 0 Å². The first-order valence-corrected chi connectivity index (χ1v) is 7.46. The Hall–Kier alpha value is -2.03. The van der Waals surface area contributed by atoms with Gasteiger partial charge in [-0.15, -0.1) is 0 Å². The summed E-state index contributed by atoms with van der Waals surface area (Å²) in [6, 6.07) is 14.1. The number of ether oxygens (including phenoxy) is 1. The van der Waals surface area contributed by atoms with Gasteiger partial charge < -0.3 is 10.1 Å². The third kappa shape index (κ3) is 4.48. The molecule has 0 aliphatic rings. The maximum Gasteiger partial charge on any atom is 0.258 e. The molecule has 0 aromatic heterocycles. The zero-order valence-electron chi connectivity index (χ0n) is 12.9. The Kier molecular flexibility index (Phi) is 5.20. The number of hydrogen-bond acceptors (Lipinski definition) is 2. The molecule has 0 fully saturated rings. The monoisotopic (exact) mass is 285 g/mol. The second-order valence-electron chi connectivity index (χ2n) is 5.86. The molecule has 2 aromatic carbocycles. The molecule has 0 heterocycles. The first-order valence-electron chi connectivity index (χ1n) is 7.46. The molecule has 21 heavy (non-hydrogen) atoms. The Bertz CT molecular complexity index is 602. The first-order chi connectivity index (χ1) is 10.1. The SMILES string of the molecule is CC(C)C[C@@H](C)NC(=O)COc1cccc2ccccc12. The summed E-state index contributed by atoms with van der Waals surface area (Å²) in [6.45, 7) is 6.37. The Labute approximate surface area is 126 Å². The van der Waals surface area contributed by atoms with Crippen molar-refractivity contribution < 1.29 is 9.53 Å². The molecule has 2 rings (SSSR count). The minimum absolute atomic E-state index is 0.0520. The number of benzene rings is 2. The van der Waals surface area contributed by atoms with Crippen LogP contribution in [0.15, 0.2) is 42.5 Å². The smallest absolute Gasteiger partial charge is 0.258 e. The fourth-order valence-corrected chi connectivity index (χ4v) is 2.55. The molecule has 1 atom stereocenters. The fraction of sp³-hybridized carbons (Fsp3) is 0.389. The van der Waals surface area contributed by atoms with E-state index in [9.17, 15) is 4.79 Å². The van der Waals surface area contributed by atoms with Crippen molar-refractivity contribution in [2.75, 3.05) is 6.61 Å². The van der Waals surface area contributed by atoms with E-state index in [0.717, 1.165) is 22.9 Å². The minimum atomic E-state index is -0.0731. The van der Waals surface area contributed by atoms with Gasteiger partial charge in [0.05, 0.1) is 0 Å². The lowest BCUT2D eigenvalue weighted by molar-refractivity contribution is -0.123. The van der Waals surface area contributed by atoms with Crippen LogP contribution in [0.4, 0.5) is 0 Å². The van der Waals surface area contributed by atoms with E-state index in [2.05, 4.69) is 19.2 Å². The third-order valence-corrected chi connectivity index (χ3v) is 3.34. The average molecular weight is 285 g/mol. The molecule has 2 aromatic rings. The van der Waals surface area contributed by atoms with Crippen molar-refractivity contribution in [2.45, 2.75) is 33.2 Å². The molecule has 0 aliphatic carbocycles. The van der Waals surface area contributed by atoms with Gasteiger partial charge in [0.2, 0.25) is 0 Å². The summed E-state index contributed by atoms with van der Waals surface area (Å²) >= 11 is 0. The van der Waals surface area contributed by atoms with E-state index >= 15 is 0 Å². The topological polar surface area (TPSA) is 38.3 Å². The summed E-state index contributed by atoms with van der Waals surface area (Å²) in [7, 11) is 0. The zero-order chi connectivity index (χ0) is 15.2. The van der Waals surface area contributed by atoms with Crippen molar-refractivity contribution in [1.82, 2.24) is 5.32 Å². The summed E-state index contributed by atoms with van der Waals surface area (Å²) < 4.78 is 5.67. The lowest BCUT2D eigenvalue weighted by Gasteiger charge is -2.16. The van der Waals surface area contributed by atoms with Crippen molar-refractivity contribution in [3.63, 3.8) is 0 Å². The summed E-state index contributed by atoms with van der Waals surface area (Å²) in [6.07, 6.45) is 0.972. The average Bonchev–Trinajstić information content (AvgIpc) is 2.44. The molecule has 0 bridgehead atoms. The molecule has 0 aliphatic heterocycles. The largest absolute Gasteiger partial charge is 0.483 e. The number of hydrogen-bond donors (Lipinski definition) is 1. The lowest BCUT2D eigenvalue weighted by Crippen LogP contribution is -2.36. The molecular weight excluding hydrogens is 262 g/mol. The van der Waals surface area contributed by atoms with Crippen LogP contribution in [0.1, 0.15) is 27.2 Å². The number of nitrogens with one attached hydrogen (secondary N) is 1. The lowest BCUT2D eigenvalue weighted by atomic mass is 10.1. The van der Waals surface area contributed by atoms with Gasteiger partial charge in [-0.2, -0.15) is 0 Å². The second kappa shape index (κ2) is 7.11. The molecule has 112 valence electrons. The van der Waals surface area contributed by atoms with Crippen LogP contribution in [0.2, 0.25) is 0 Å². The van der Waals surface area contributed by atoms with Crippen LogP contribution >= 0.6 is 0 Å². The molecule has 1 amide bonds. The van der Waals surface area contributed by atoms with Crippen molar-refractivity contribution in [3.8, 4) is 5.75 Å². The number of fused-ring (bicyclic) bond motifs is 1. The number of rotatable bonds is 6. The summed E-state index contributed by atoms with van der Waals surface area (Å²) in [5, 5.41) is 5.11. The van der Waals surface area contributed by atoms with Crippen LogP contribution < -0.4 is 10.1 Å². The van der Waals surface area contributed by atoms with Crippen LogP contribution in [0.5, 0.6) is 5.75 Å². The van der Waals surface area contributed by atoms with Gasteiger partial charge in [0, 0.05) is 11.4 Å². The first kappa shape index (κ1) is 15.4. The van der Waals surface area contributed by atoms with Crippen LogP contribution in [-0.2, 0) is 4.79 Å². The number of carbonyl (C=O) groups is 1. The van der Waals surface area contributed by atoms with Crippen molar-refractivity contribution in [3.05, 3.63) is 42.5 Å². The van der Waals surface area contributed by atoms with E-state index in [1.54, 1.807) is 0 Å². The van der Waals surface area contributed by atoms with Crippen molar-refractivity contribution in [2.24, 2.45) is 5.92 Å². The van der Waals surface area contributed by atoms with Crippen LogP contribution in [-0.4, -0.2) is 18.6 Å². The third-order valence-electron chi connectivity index (χ3n) is 3.34. The van der Waals surface area contributed by atoms with E-state index in [4.69, 9.17) is 4.74 Å². The van der Waals surface area contributed by atoms with E-state index in [1.165, 1.54) is 0 Å². The highest BCUT2D eigenvalue weighted by atomic mass is 16.5. The zero-order valence-corrected chi connectivity index (χ0v) is 12.9. The van der Waals surface area contributed by atoms with Gasteiger partial charge in [-0.1, -0.05) is 50.2 Å². The van der Waals surface area contributed by atoms with Crippen LogP contribution in [0, 0.1) is 5.92 Å². The quantitative estimate of drug-likeness (QED) is 0.877. The maximum absolute atomic E-state index is 11.9. The normalized spacial score (nSPS) is 12.4. The summed E-state index contributed by atoms with van der Waals surface area (Å²) in [5.74, 6) is 1.25. The Balaban J connectivity index is 1.94. The van der Waals surface area contributed by atoms with Crippen LogP contribution in [0.25, 0.3) is 10.8 Å². The summed E-state index contributed by atoms with van der Waals surface area (Å²) in [5.41, 5.74) is 0. The highest BCUT2D eigenvalue weighted by Crippen LogP contribution is 2.24. The van der Waals surface area contributed by atoms with E-state index in [-0.39, 0.29) is 18.6 Å². The molecule has 3 heteroatoms. The summed E-state index contributed by atoms with van der Waals surface area (Å²) in [4.78, 5) is 11.9. The fourth-order valence-electron chi connectivity index (χ4n) is 2.55. The Morgan fingerprint density at radius 3 is 2.57 bits per heavy atom. The minimum Gasteiger partial charge on any atom is -0.483 e. The molecule has 1 N–H and O–H groups in total. The molecule has 0 spiro atoms. The second-order valence-corrected chi connectivity index (χ2v) is 5.86. The molecule has 0 saturated heterocycles. The molecule has 0 radical (unpaired) electrons. The highest BCUT2D eigenvalue weighted by molar-refractivity contribution is 5.88. The highest BCUT2D eigenvalue weighted by Gasteiger charge is 2.10. The number of amides is 1. The van der Waals surface area contributed by atoms with Gasteiger partial charge in [0.15, 0.2) is 6.61 Å². The van der Waals surface area contributed by atoms with E-state index in [1.807, 2.05) is 49.4 Å². The predicted octanol–water partition coefficient (Wildman–Crippen LogP) is 3.77. The Morgan fingerprint density at radius 2 is 1.81 bits per heavy atom. The Morgan fingerprint density at radius 1 is 1.10 bits per heavy atom. The van der Waals surface area contributed by atoms with Gasteiger partial charge in [-0.05, 0) is 30.7 Å². The van der Waals surface area contributed by atoms with E-state index in [0.29, 0.717) is 5.92 Å². The van der Waals surface area contributed by atoms with Gasteiger partial charge in [-0.3, -0.25) is 4.79 Å². The maximum atomic E-state index is 11.9. The van der Waals surface area contributed by atoms with Gasteiger partial charge in [-0.25, -0.2) is 0 Å². The van der Waals surface area contributed by atoms with E-state index < -0.39 is 0 Å². The number of carbonyl (C=O) groups excluding carboxylic acids is 1. The molecule has 0 saturated carbocycles. The standard InChI is InChI=1S/C18H23NO2/c1-13(2)11-14(3)19-18(20)12-21-17-10-6-8-15-7-4-5-9-16(15)17/h4-10,13-14H,11-12H2,1-3H3,(H,19,20)/t14-/m1/s1. The predicted molar refractivity (Wildman–Crippen MR) is 86.5 cm³/mol. The molecular formula is C18H23NO2. The van der Waals surface area contributed by atoms with Gasteiger partial charge in [0.1, 0.15) is 5.75 Å². The van der Waals surface area contributed by atoms with Crippen molar-refractivity contribution in [1.29, 1.82) is 0 Å².